The van der Waals surface area contributed by atoms with Gasteiger partial charge in [0.2, 0.25) is 0 Å². The highest BCUT2D eigenvalue weighted by Gasteiger charge is 2.10. The highest BCUT2D eigenvalue weighted by molar-refractivity contribution is 7.98. The Morgan fingerprint density at radius 3 is 2.88 bits per heavy atom. The molecule has 0 saturated carbocycles. The quantitative estimate of drug-likeness (QED) is 0.441. The molecule has 17 heavy (non-hydrogen) atoms. The second-order valence-electron chi connectivity index (χ2n) is 3.87. The van der Waals surface area contributed by atoms with Crippen LogP contribution in [-0.4, -0.2) is 6.26 Å². The zero-order chi connectivity index (χ0) is 12.1. The van der Waals surface area contributed by atoms with E-state index in [2.05, 4.69) is 24.8 Å². The number of fused-ring (bicyclic) bond motifs is 1. The van der Waals surface area contributed by atoms with Crippen LogP contribution >= 0.6 is 11.8 Å². The lowest BCUT2D eigenvalue weighted by Crippen LogP contribution is -1.75. The molecule has 0 N–H and O–H groups in total. The van der Waals surface area contributed by atoms with Crippen LogP contribution in [0.1, 0.15) is 31.7 Å². The maximum atomic E-state index is 5.77. The number of rotatable bonds is 3. The summed E-state index contributed by atoms with van der Waals surface area (Å²) < 4.78 is 5.77. The molecule has 0 radical (unpaired) electrons. The van der Waals surface area contributed by atoms with Gasteiger partial charge in [0.15, 0.2) is 5.09 Å². The standard InChI is InChI=1S/C15H16OS/c1-3-4-5-6-10-13-12-9-7-8-11-14(12)16-15(13)17-2/h7-9,11H,3-5H2,1-2H3. The Morgan fingerprint density at radius 1 is 1.29 bits per heavy atom. The molecule has 0 atom stereocenters. The van der Waals surface area contributed by atoms with Gasteiger partial charge in [-0.1, -0.05) is 49.1 Å². The molecule has 2 aromatic rings. The molecule has 0 aliphatic heterocycles. The minimum absolute atomic E-state index is 0.926. The molecule has 1 aromatic heterocycles. The van der Waals surface area contributed by atoms with Gasteiger partial charge in [-0.2, -0.15) is 0 Å². The summed E-state index contributed by atoms with van der Waals surface area (Å²) >= 11 is 1.62. The largest absolute Gasteiger partial charge is 0.449 e. The Bertz CT molecular complexity index is 557. The van der Waals surface area contributed by atoms with Crippen molar-refractivity contribution in [1.29, 1.82) is 0 Å². The van der Waals surface area contributed by atoms with Gasteiger partial charge in [0.05, 0.1) is 5.56 Å². The first-order chi connectivity index (χ1) is 8.36. The number of para-hydroxylation sites is 1. The summed E-state index contributed by atoms with van der Waals surface area (Å²) in [5.41, 5.74) is 1.97. The lowest BCUT2D eigenvalue weighted by molar-refractivity contribution is 0.514. The van der Waals surface area contributed by atoms with Gasteiger partial charge < -0.3 is 4.42 Å². The fourth-order valence-corrected chi connectivity index (χ4v) is 2.24. The van der Waals surface area contributed by atoms with E-state index >= 15 is 0 Å². The van der Waals surface area contributed by atoms with Crippen molar-refractivity contribution in [1.82, 2.24) is 0 Å². The molecule has 0 aliphatic carbocycles. The second kappa shape index (κ2) is 5.84. The van der Waals surface area contributed by atoms with Gasteiger partial charge in [-0.3, -0.25) is 0 Å². The average molecular weight is 244 g/mol. The first-order valence-corrected chi connectivity index (χ1v) is 7.13. The number of hydrogen-bond donors (Lipinski definition) is 0. The van der Waals surface area contributed by atoms with Crippen LogP contribution in [0.2, 0.25) is 0 Å². The number of thioether (sulfide) groups is 1. The van der Waals surface area contributed by atoms with E-state index in [1.54, 1.807) is 11.8 Å². The van der Waals surface area contributed by atoms with E-state index in [1.165, 1.54) is 6.42 Å². The van der Waals surface area contributed by atoms with E-state index in [1.807, 2.05) is 24.5 Å². The van der Waals surface area contributed by atoms with Crippen LogP contribution in [0.15, 0.2) is 33.8 Å². The molecule has 0 bridgehead atoms. The van der Waals surface area contributed by atoms with Gasteiger partial charge in [-0.15, -0.1) is 0 Å². The molecule has 1 nitrogen and oxygen atoms in total. The molecule has 2 heteroatoms. The summed E-state index contributed by atoms with van der Waals surface area (Å²) in [4.78, 5) is 0. The predicted octanol–water partition coefficient (Wildman–Crippen LogP) is 4.70. The van der Waals surface area contributed by atoms with Crippen molar-refractivity contribution in [2.24, 2.45) is 0 Å². The van der Waals surface area contributed by atoms with Gasteiger partial charge in [0.25, 0.3) is 0 Å². The molecule has 1 aromatic carbocycles. The summed E-state index contributed by atoms with van der Waals surface area (Å²) in [5, 5.41) is 2.05. The van der Waals surface area contributed by atoms with Crippen LogP contribution in [-0.2, 0) is 0 Å². The zero-order valence-corrected chi connectivity index (χ0v) is 11.1. The van der Waals surface area contributed by atoms with Crippen LogP contribution in [0, 0.1) is 11.8 Å². The Morgan fingerprint density at radius 2 is 2.12 bits per heavy atom. The molecule has 0 aliphatic rings. The minimum Gasteiger partial charge on any atom is -0.449 e. The van der Waals surface area contributed by atoms with E-state index in [-0.39, 0.29) is 0 Å². The summed E-state index contributed by atoms with van der Waals surface area (Å²) in [6, 6.07) is 8.08. The van der Waals surface area contributed by atoms with Gasteiger partial charge >= 0.3 is 0 Å². The fourth-order valence-electron chi connectivity index (χ4n) is 1.70. The lowest BCUT2D eigenvalue weighted by atomic mass is 10.1. The molecule has 0 saturated heterocycles. The third kappa shape index (κ3) is 2.68. The third-order valence-corrected chi connectivity index (χ3v) is 3.28. The van der Waals surface area contributed by atoms with E-state index < -0.39 is 0 Å². The van der Waals surface area contributed by atoms with Crippen molar-refractivity contribution < 1.29 is 4.42 Å². The van der Waals surface area contributed by atoms with E-state index in [4.69, 9.17) is 4.42 Å². The maximum absolute atomic E-state index is 5.77. The molecule has 0 amide bonds. The molecule has 0 unspecified atom stereocenters. The van der Waals surface area contributed by atoms with E-state index in [9.17, 15) is 0 Å². The minimum atomic E-state index is 0.926. The highest BCUT2D eigenvalue weighted by Crippen LogP contribution is 2.30. The Labute approximate surface area is 107 Å². The first-order valence-electron chi connectivity index (χ1n) is 5.91. The summed E-state index contributed by atoms with van der Waals surface area (Å²) in [6.07, 6.45) is 5.34. The molecule has 1 heterocycles. The molecule has 2 rings (SSSR count). The van der Waals surface area contributed by atoms with Gasteiger partial charge in [0, 0.05) is 11.8 Å². The monoisotopic (exact) mass is 244 g/mol. The van der Waals surface area contributed by atoms with Gasteiger partial charge in [-0.05, 0) is 24.8 Å². The van der Waals surface area contributed by atoms with Gasteiger partial charge in [-0.25, -0.2) is 0 Å². The van der Waals surface area contributed by atoms with Crippen LogP contribution < -0.4 is 0 Å². The molecular formula is C15H16OS. The van der Waals surface area contributed by atoms with Crippen molar-refractivity contribution >= 4 is 22.7 Å². The van der Waals surface area contributed by atoms with Crippen LogP contribution in [0.3, 0.4) is 0 Å². The maximum Gasteiger partial charge on any atom is 0.176 e. The lowest BCUT2D eigenvalue weighted by Gasteiger charge is -1.90. The summed E-state index contributed by atoms with van der Waals surface area (Å²) in [7, 11) is 0. The van der Waals surface area contributed by atoms with Crippen molar-refractivity contribution in [3.8, 4) is 11.8 Å². The molecule has 88 valence electrons. The van der Waals surface area contributed by atoms with Gasteiger partial charge in [0.1, 0.15) is 5.58 Å². The summed E-state index contributed by atoms with van der Waals surface area (Å²) in [5.74, 6) is 6.49. The van der Waals surface area contributed by atoms with Crippen LogP contribution in [0.5, 0.6) is 0 Å². The van der Waals surface area contributed by atoms with Crippen molar-refractivity contribution in [2.75, 3.05) is 6.26 Å². The van der Waals surface area contributed by atoms with Crippen molar-refractivity contribution in [2.45, 2.75) is 31.3 Å². The number of benzene rings is 1. The average Bonchev–Trinajstić information content (AvgIpc) is 2.73. The topological polar surface area (TPSA) is 13.1 Å². The smallest absolute Gasteiger partial charge is 0.176 e. The van der Waals surface area contributed by atoms with E-state index in [0.717, 1.165) is 34.5 Å². The Kier molecular flexibility index (Phi) is 4.17. The zero-order valence-electron chi connectivity index (χ0n) is 10.2. The number of hydrogen-bond acceptors (Lipinski definition) is 2. The number of furan rings is 1. The third-order valence-electron chi connectivity index (χ3n) is 2.62. The molecular weight excluding hydrogens is 228 g/mol. The first kappa shape index (κ1) is 12.1. The fraction of sp³-hybridized carbons (Fsp3) is 0.333. The summed E-state index contributed by atoms with van der Waals surface area (Å²) in [6.45, 7) is 2.18. The van der Waals surface area contributed by atoms with E-state index in [0.29, 0.717) is 0 Å². The molecule has 0 spiro atoms. The van der Waals surface area contributed by atoms with Crippen molar-refractivity contribution in [3.63, 3.8) is 0 Å². The highest BCUT2D eigenvalue weighted by atomic mass is 32.2. The number of unbranched alkanes of at least 4 members (excludes halogenated alkanes) is 2. The van der Waals surface area contributed by atoms with Crippen molar-refractivity contribution in [3.05, 3.63) is 29.8 Å². The second-order valence-corrected chi connectivity index (χ2v) is 4.65. The normalized spacial score (nSPS) is 10.2. The van der Waals surface area contributed by atoms with Crippen LogP contribution in [0.4, 0.5) is 0 Å². The van der Waals surface area contributed by atoms with Crippen LogP contribution in [0.25, 0.3) is 11.0 Å². The SMILES string of the molecule is CCCCC#Cc1c(SC)oc2ccccc12. The Balaban J connectivity index is 2.38. The predicted molar refractivity (Wildman–Crippen MR) is 74.4 cm³/mol. The molecule has 0 fully saturated rings. The Hall–Kier alpha value is -1.33.